The number of carboxylic acids is 1. The molecule has 2 aliphatic carbocycles. The Kier molecular flexibility index (Phi) is 5.91. The van der Waals surface area contributed by atoms with E-state index in [0.29, 0.717) is 5.69 Å². The molecule has 3 rings (SSSR count). The first-order chi connectivity index (χ1) is 12.5. The van der Waals surface area contributed by atoms with Crippen molar-refractivity contribution in [2.45, 2.75) is 57.4 Å². The zero-order valence-corrected chi connectivity index (χ0v) is 14.9. The first-order valence-electron chi connectivity index (χ1n) is 9.47. The highest BCUT2D eigenvalue weighted by atomic mass is 16.4. The number of amides is 2. The number of carbonyl (C=O) groups is 3. The fourth-order valence-corrected chi connectivity index (χ4v) is 3.98. The van der Waals surface area contributed by atoms with Gasteiger partial charge in [0.15, 0.2) is 0 Å². The Morgan fingerprint density at radius 2 is 1.54 bits per heavy atom. The van der Waals surface area contributed by atoms with Crippen LogP contribution in [0.2, 0.25) is 0 Å². The summed E-state index contributed by atoms with van der Waals surface area (Å²) in [5.41, 5.74) is 0.660. The van der Waals surface area contributed by atoms with Crippen LogP contribution in [0.5, 0.6) is 0 Å². The predicted octanol–water partition coefficient (Wildman–Crippen LogP) is 3.19. The Bertz CT molecular complexity index is 674. The van der Waals surface area contributed by atoms with Crippen LogP contribution < -0.4 is 10.6 Å². The molecule has 26 heavy (non-hydrogen) atoms. The molecule has 3 N–H and O–H groups in total. The third kappa shape index (κ3) is 4.62. The smallest absolute Gasteiger partial charge is 0.335 e. The van der Waals surface area contributed by atoms with Crippen LogP contribution >= 0.6 is 0 Å². The van der Waals surface area contributed by atoms with Crippen molar-refractivity contribution in [3.63, 3.8) is 0 Å². The van der Waals surface area contributed by atoms with Crippen molar-refractivity contribution in [3.8, 4) is 0 Å². The van der Waals surface area contributed by atoms with Crippen LogP contribution in [-0.4, -0.2) is 28.9 Å². The van der Waals surface area contributed by atoms with E-state index in [4.69, 9.17) is 5.11 Å². The molecule has 2 fully saturated rings. The molecule has 6 heteroatoms. The van der Waals surface area contributed by atoms with Gasteiger partial charge in [0.2, 0.25) is 11.8 Å². The molecule has 0 atom stereocenters. The topological polar surface area (TPSA) is 95.5 Å². The van der Waals surface area contributed by atoms with Gasteiger partial charge in [0.05, 0.1) is 5.56 Å². The van der Waals surface area contributed by atoms with E-state index in [1.807, 2.05) is 0 Å². The Hall–Kier alpha value is -2.37. The molecule has 0 spiro atoms. The molecule has 0 bridgehead atoms. The van der Waals surface area contributed by atoms with E-state index < -0.39 is 5.97 Å². The molecule has 0 unspecified atom stereocenters. The largest absolute Gasteiger partial charge is 0.478 e. The summed E-state index contributed by atoms with van der Waals surface area (Å²) >= 11 is 0. The number of benzene rings is 1. The number of nitrogens with one attached hydrogen (secondary N) is 2. The van der Waals surface area contributed by atoms with E-state index in [2.05, 4.69) is 10.6 Å². The first-order valence-corrected chi connectivity index (χ1v) is 9.47. The highest BCUT2D eigenvalue weighted by molar-refractivity contribution is 5.95. The van der Waals surface area contributed by atoms with Gasteiger partial charge < -0.3 is 15.7 Å². The summed E-state index contributed by atoms with van der Waals surface area (Å²) in [6.07, 6.45) is 7.39. The predicted molar refractivity (Wildman–Crippen MR) is 97.9 cm³/mol. The van der Waals surface area contributed by atoms with Crippen molar-refractivity contribution in [2.75, 3.05) is 5.32 Å². The summed E-state index contributed by atoms with van der Waals surface area (Å²) in [4.78, 5) is 35.7. The Balaban J connectivity index is 1.46. The number of anilines is 1. The number of rotatable bonds is 5. The minimum atomic E-state index is -1.01. The summed E-state index contributed by atoms with van der Waals surface area (Å²) in [6, 6.07) is 6.44. The van der Waals surface area contributed by atoms with E-state index in [1.54, 1.807) is 12.1 Å². The Labute approximate surface area is 153 Å². The molecule has 140 valence electrons. The summed E-state index contributed by atoms with van der Waals surface area (Å²) in [6.45, 7) is 0. The van der Waals surface area contributed by atoms with Crippen LogP contribution in [0.25, 0.3) is 0 Å². The second kappa shape index (κ2) is 8.34. The minimum Gasteiger partial charge on any atom is -0.478 e. The molecule has 0 saturated heterocycles. The van der Waals surface area contributed by atoms with Crippen molar-refractivity contribution >= 4 is 23.5 Å². The molecule has 0 aliphatic heterocycles. The molecule has 2 aliphatic rings. The van der Waals surface area contributed by atoms with Gasteiger partial charge in [0, 0.05) is 23.6 Å². The summed E-state index contributed by atoms with van der Waals surface area (Å²) < 4.78 is 0. The maximum absolute atomic E-state index is 12.4. The fourth-order valence-electron chi connectivity index (χ4n) is 3.98. The zero-order chi connectivity index (χ0) is 18.5. The first kappa shape index (κ1) is 18.4. The number of aromatic carboxylic acids is 1. The highest BCUT2D eigenvalue weighted by Gasteiger charge is 2.29. The third-order valence-electron chi connectivity index (χ3n) is 5.55. The maximum Gasteiger partial charge on any atom is 0.335 e. The molecule has 0 radical (unpaired) electrons. The third-order valence-corrected chi connectivity index (χ3v) is 5.55. The molecule has 2 amide bonds. The van der Waals surface area contributed by atoms with Gasteiger partial charge in [-0.2, -0.15) is 0 Å². The molecule has 0 aromatic heterocycles. The summed E-state index contributed by atoms with van der Waals surface area (Å²) in [7, 11) is 0. The van der Waals surface area contributed by atoms with Gasteiger partial charge in [-0.1, -0.05) is 18.9 Å². The van der Waals surface area contributed by atoms with E-state index >= 15 is 0 Å². The zero-order valence-electron chi connectivity index (χ0n) is 14.9. The van der Waals surface area contributed by atoms with Crippen LogP contribution in [0.1, 0.15) is 61.7 Å². The van der Waals surface area contributed by atoms with Crippen LogP contribution in [-0.2, 0) is 9.59 Å². The lowest BCUT2D eigenvalue weighted by molar-refractivity contribution is -0.125. The molecule has 1 aromatic rings. The SMILES string of the molecule is O=C(O)c1cccc(NC(=O)C2CCC(NC(=O)C3CCCC3)CC2)c1. The van der Waals surface area contributed by atoms with Crippen LogP contribution in [0, 0.1) is 11.8 Å². The van der Waals surface area contributed by atoms with Crippen LogP contribution in [0.3, 0.4) is 0 Å². The normalized spacial score (nSPS) is 23.4. The fraction of sp³-hybridized carbons (Fsp3) is 0.550. The average molecular weight is 358 g/mol. The number of carboxylic acid groups (broad SMARTS) is 1. The van der Waals surface area contributed by atoms with Crippen molar-refractivity contribution in [2.24, 2.45) is 11.8 Å². The Morgan fingerprint density at radius 3 is 2.19 bits per heavy atom. The van der Waals surface area contributed by atoms with Gasteiger partial charge in [-0.3, -0.25) is 9.59 Å². The molecule has 6 nitrogen and oxygen atoms in total. The minimum absolute atomic E-state index is 0.0758. The molecular formula is C20H26N2O4. The van der Waals surface area contributed by atoms with Gasteiger partial charge in [-0.25, -0.2) is 4.79 Å². The quantitative estimate of drug-likeness (QED) is 0.753. The number of hydrogen-bond donors (Lipinski definition) is 3. The number of hydrogen-bond acceptors (Lipinski definition) is 3. The molecule has 0 heterocycles. The molecular weight excluding hydrogens is 332 g/mol. The lowest BCUT2D eigenvalue weighted by atomic mass is 9.85. The van der Waals surface area contributed by atoms with Crippen LogP contribution in [0.15, 0.2) is 24.3 Å². The summed E-state index contributed by atoms with van der Waals surface area (Å²) in [5.74, 6) is -0.825. The van der Waals surface area contributed by atoms with Crippen molar-refractivity contribution in [1.29, 1.82) is 0 Å². The lowest BCUT2D eigenvalue weighted by Crippen LogP contribution is -2.41. The van der Waals surface area contributed by atoms with Gasteiger partial charge >= 0.3 is 5.97 Å². The van der Waals surface area contributed by atoms with E-state index in [-0.39, 0.29) is 35.3 Å². The van der Waals surface area contributed by atoms with Crippen molar-refractivity contribution < 1.29 is 19.5 Å². The van der Waals surface area contributed by atoms with E-state index in [9.17, 15) is 14.4 Å². The Morgan fingerprint density at radius 1 is 0.885 bits per heavy atom. The highest BCUT2D eigenvalue weighted by Crippen LogP contribution is 2.28. The van der Waals surface area contributed by atoms with E-state index in [0.717, 1.165) is 51.4 Å². The number of carbonyl (C=O) groups excluding carboxylic acids is 2. The maximum atomic E-state index is 12.4. The lowest BCUT2D eigenvalue weighted by Gasteiger charge is -2.29. The van der Waals surface area contributed by atoms with Crippen LogP contribution in [0.4, 0.5) is 5.69 Å². The monoisotopic (exact) mass is 358 g/mol. The summed E-state index contributed by atoms with van der Waals surface area (Å²) in [5, 5.41) is 15.0. The van der Waals surface area contributed by atoms with Crippen molar-refractivity contribution in [1.82, 2.24) is 5.32 Å². The van der Waals surface area contributed by atoms with Gasteiger partial charge in [0.1, 0.15) is 0 Å². The van der Waals surface area contributed by atoms with E-state index in [1.165, 1.54) is 12.1 Å². The second-order valence-electron chi connectivity index (χ2n) is 7.41. The standard InChI is InChI=1S/C20H26N2O4/c23-18(13-4-1-2-5-13)21-16-10-8-14(9-11-16)19(24)22-17-7-3-6-15(12-17)20(25)26/h3,6-7,12-14,16H,1-2,4-5,8-11H2,(H,21,23)(H,22,24)(H,25,26). The van der Waals surface area contributed by atoms with Gasteiger partial charge in [0.25, 0.3) is 0 Å². The second-order valence-corrected chi connectivity index (χ2v) is 7.41. The van der Waals surface area contributed by atoms with Crippen molar-refractivity contribution in [3.05, 3.63) is 29.8 Å². The molecule has 1 aromatic carbocycles. The van der Waals surface area contributed by atoms with Gasteiger partial charge in [-0.15, -0.1) is 0 Å². The van der Waals surface area contributed by atoms with Gasteiger partial charge in [-0.05, 0) is 56.7 Å². The molecule has 2 saturated carbocycles. The average Bonchev–Trinajstić information content (AvgIpc) is 3.17.